The topological polar surface area (TPSA) is 61.8 Å². The zero-order valence-corrected chi connectivity index (χ0v) is 15.4. The molecule has 5 nitrogen and oxygen atoms in total. The number of fused-ring (bicyclic) bond motifs is 2. The van der Waals surface area contributed by atoms with Gasteiger partial charge in [0.25, 0.3) is 0 Å². The van der Waals surface area contributed by atoms with Crippen LogP contribution < -0.4 is 5.32 Å². The van der Waals surface area contributed by atoms with E-state index in [1.165, 1.54) is 25.7 Å². The Hall–Kier alpha value is -1.04. The molecule has 4 rings (SSSR count). The number of nitrogens with zero attached hydrogens (tertiary/aromatic N) is 2. The minimum atomic E-state index is -0.431. The molecule has 2 aliphatic heterocycles. The lowest BCUT2D eigenvalue weighted by atomic mass is 9.84. The molecule has 1 N–H and O–H groups in total. The highest BCUT2D eigenvalue weighted by Gasteiger charge is 2.50. The van der Waals surface area contributed by atoms with Crippen molar-refractivity contribution in [3.05, 3.63) is 0 Å². The molecular weight excluding hydrogens is 322 g/mol. The van der Waals surface area contributed by atoms with Crippen molar-refractivity contribution in [1.82, 2.24) is 10.2 Å². The first kappa shape index (κ1) is 16.4. The molecule has 2 unspecified atom stereocenters. The van der Waals surface area contributed by atoms with Gasteiger partial charge in [-0.1, -0.05) is 18.2 Å². The first-order chi connectivity index (χ1) is 11.5. The largest absolute Gasteiger partial charge is 0.343 e. The van der Waals surface area contributed by atoms with Crippen LogP contribution >= 0.6 is 11.8 Å². The molecule has 2 amide bonds. The van der Waals surface area contributed by atoms with Crippen molar-refractivity contribution in [3.63, 3.8) is 0 Å². The summed E-state index contributed by atoms with van der Waals surface area (Å²) in [4.78, 5) is 31.0. The van der Waals surface area contributed by atoms with Gasteiger partial charge >= 0.3 is 0 Å². The Balaban J connectivity index is 1.43. The SMILES string of the molecule is CC(=O)N1CCC(C2(C)SC(=N[C@H]3C[C@@H]4CCC3C4)NC2=O)CC1. The lowest BCUT2D eigenvalue weighted by Crippen LogP contribution is -2.47. The van der Waals surface area contributed by atoms with E-state index in [1.807, 2.05) is 4.90 Å². The average Bonchev–Trinajstić information content (AvgIpc) is 3.24. The Labute approximate surface area is 148 Å². The number of rotatable bonds is 2. The zero-order chi connectivity index (χ0) is 16.9. The van der Waals surface area contributed by atoms with Crippen molar-refractivity contribution >= 4 is 28.7 Å². The van der Waals surface area contributed by atoms with Gasteiger partial charge in [0.1, 0.15) is 4.75 Å². The summed E-state index contributed by atoms with van der Waals surface area (Å²) in [6.07, 6.45) is 7.03. The minimum Gasteiger partial charge on any atom is -0.343 e. The van der Waals surface area contributed by atoms with Crippen LogP contribution in [0, 0.1) is 17.8 Å². The molecule has 0 spiro atoms. The maximum Gasteiger partial charge on any atom is 0.242 e. The number of hydrogen-bond donors (Lipinski definition) is 1. The molecule has 0 radical (unpaired) electrons. The molecule has 0 aromatic carbocycles. The Kier molecular flexibility index (Phi) is 4.14. The monoisotopic (exact) mass is 349 g/mol. The Morgan fingerprint density at radius 3 is 2.58 bits per heavy atom. The molecule has 2 saturated carbocycles. The van der Waals surface area contributed by atoms with Crippen molar-refractivity contribution in [2.45, 2.75) is 63.2 Å². The van der Waals surface area contributed by atoms with Crippen LogP contribution in [0.1, 0.15) is 52.4 Å². The van der Waals surface area contributed by atoms with Gasteiger partial charge in [-0.3, -0.25) is 14.6 Å². The Morgan fingerprint density at radius 2 is 2.00 bits per heavy atom. The molecule has 0 aromatic rings. The van der Waals surface area contributed by atoms with Crippen molar-refractivity contribution in [2.24, 2.45) is 22.7 Å². The molecule has 4 fully saturated rings. The van der Waals surface area contributed by atoms with Gasteiger partial charge in [0.15, 0.2) is 5.17 Å². The number of carbonyl (C=O) groups excluding carboxylic acids is 2. The summed E-state index contributed by atoms with van der Waals surface area (Å²) in [5.41, 5.74) is 0. The van der Waals surface area contributed by atoms with Crippen molar-refractivity contribution < 1.29 is 9.59 Å². The van der Waals surface area contributed by atoms with Gasteiger partial charge in [0.2, 0.25) is 11.8 Å². The summed E-state index contributed by atoms with van der Waals surface area (Å²) >= 11 is 1.64. The molecule has 0 aromatic heterocycles. The second-order valence-electron chi connectivity index (χ2n) is 8.12. The van der Waals surface area contributed by atoms with Crippen LogP contribution in [-0.2, 0) is 9.59 Å². The Morgan fingerprint density at radius 1 is 1.25 bits per heavy atom. The van der Waals surface area contributed by atoms with E-state index in [0.29, 0.717) is 12.0 Å². The smallest absolute Gasteiger partial charge is 0.242 e. The molecule has 132 valence electrons. The van der Waals surface area contributed by atoms with Crippen LogP contribution in [0.15, 0.2) is 4.99 Å². The summed E-state index contributed by atoms with van der Waals surface area (Å²) in [5.74, 6) is 2.17. The molecule has 4 aliphatic rings. The van der Waals surface area contributed by atoms with Gasteiger partial charge in [-0.2, -0.15) is 0 Å². The normalized spacial score (nSPS) is 41.2. The van der Waals surface area contributed by atoms with Crippen LogP contribution in [0.25, 0.3) is 0 Å². The number of piperidine rings is 1. The third-order valence-corrected chi connectivity index (χ3v) is 8.03. The quantitative estimate of drug-likeness (QED) is 0.833. The number of nitrogens with one attached hydrogen (secondary N) is 1. The van der Waals surface area contributed by atoms with E-state index in [4.69, 9.17) is 4.99 Å². The maximum atomic E-state index is 12.7. The van der Waals surface area contributed by atoms with Crippen LogP contribution in [-0.4, -0.2) is 45.8 Å². The summed E-state index contributed by atoms with van der Waals surface area (Å²) in [6, 6.07) is 0.425. The first-order valence-electron chi connectivity index (χ1n) is 9.29. The lowest BCUT2D eigenvalue weighted by Gasteiger charge is -2.37. The summed E-state index contributed by atoms with van der Waals surface area (Å²) in [7, 11) is 0. The van der Waals surface area contributed by atoms with Gasteiger partial charge in [-0.05, 0) is 56.8 Å². The number of amidine groups is 1. The Bertz CT molecular complexity index is 585. The second-order valence-corrected chi connectivity index (χ2v) is 9.56. The third-order valence-electron chi connectivity index (χ3n) is 6.68. The summed E-state index contributed by atoms with van der Waals surface area (Å²) in [5, 5.41) is 3.90. The predicted molar refractivity (Wildman–Crippen MR) is 95.8 cm³/mol. The van der Waals surface area contributed by atoms with Crippen LogP contribution in [0.3, 0.4) is 0 Å². The van der Waals surface area contributed by atoms with Gasteiger partial charge in [0.05, 0.1) is 6.04 Å². The van der Waals surface area contributed by atoms with Crippen LogP contribution in [0.5, 0.6) is 0 Å². The second kappa shape index (κ2) is 6.04. The van der Waals surface area contributed by atoms with Gasteiger partial charge in [0, 0.05) is 20.0 Å². The summed E-state index contributed by atoms with van der Waals surface area (Å²) < 4.78 is -0.431. The highest BCUT2D eigenvalue weighted by molar-refractivity contribution is 8.16. The first-order valence-corrected chi connectivity index (χ1v) is 10.1. The van der Waals surface area contributed by atoms with E-state index in [-0.39, 0.29) is 11.8 Å². The summed E-state index contributed by atoms with van der Waals surface area (Å²) in [6.45, 7) is 5.22. The van der Waals surface area contributed by atoms with E-state index in [2.05, 4.69) is 12.2 Å². The third kappa shape index (κ3) is 2.76. The fourth-order valence-corrected chi connectivity index (χ4v) is 6.37. The molecule has 2 aliphatic carbocycles. The van der Waals surface area contributed by atoms with Crippen molar-refractivity contribution in [1.29, 1.82) is 0 Å². The molecule has 2 heterocycles. The van der Waals surface area contributed by atoms with Crippen LogP contribution in [0.2, 0.25) is 0 Å². The molecule has 24 heavy (non-hydrogen) atoms. The molecule has 2 saturated heterocycles. The number of carbonyl (C=O) groups is 2. The highest BCUT2D eigenvalue weighted by atomic mass is 32.2. The molecule has 6 heteroatoms. The van der Waals surface area contributed by atoms with E-state index < -0.39 is 4.75 Å². The number of hydrogen-bond acceptors (Lipinski definition) is 4. The van der Waals surface area contributed by atoms with Crippen molar-refractivity contribution in [2.75, 3.05) is 13.1 Å². The van der Waals surface area contributed by atoms with E-state index in [9.17, 15) is 9.59 Å². The van der Waals surface area contributed by atoms with E-state index in [1.54, 1.807) is 18.7 Å². The molecule has 4 atom stereocenters. The molecular formula is C18H27N3O2S. The number of thioether (sulfide) groups is 1. The van der Waals surface area contributed by atoms with E-state index in [0.717, 1.165) is 42.9 Å². The standard InChI is InChI=1S/C18H27N3O2S/c1-11(22)21-7-5-14(6-8-21)18(2)16(23)20-17(24-18)19-15-10-12-3-4-13(15)9-12/h12-15H,3-10H2,1-2H3,(H,19,20,23)/t12-,13?,15+,18?/m1/s1. The van der Waals surface area contributed by atoms with Crippen molar-refractivity contribution in [3.8, 4) is 0 Å². The maximum absolute atomic E-state index is 12.7. The van der Waals surface area contributed by atoms with Gasteiger partial charge in [-0.15, -0.1) is 0 Å². The van der Waals surface area contributed by atoms with Gasteiger partial charge < -0.3 is 10.2 Å². The van der Waals surface area contributed by atoms with Gasteiger partial charge in [-0.25, -0.2) is 0 Å². The average molecular weight is 350 g/mol. The number of amides is 2. The predicted octanol–water partition coefficient (Wildman–Crippen LogP) is 2.41. The number of aliphatic imine (C=N–C) groups is 1. The minimum absolute atomic E-state index is 0.107. The fraction of sp³-hybridized carbons (Fsp3) is 0.833. The van der Waals surface area contributed by atoms with E-state index >= 15 is 0 Å². The number of likely N-dealkylation sites (tertiary alicyclic amines) is 1. The zero-order valence-electron chi connectivity index (χ0n) is 14.6. The highest BCUT2D eigenvalue weighted by Crippen LogP contribution is 2.48. The van der Waals surface area contributed by atoms with Crippen LogP contribution in [0.4, 0.5) is 0 Å². The lowest BCUT2D eigenvalue weighted by molar-refractivity contribution is -0.130. The fourth-order valence-electron chi connectivity index (χ4n) is 5.09. The molecule has 2 bridgehead atoms.